The van der Waals surface area contributed by atoms with Crippen LogP contribution in [0.1, 0.15) is 12.5 Å². The van der Waals surface area contributed by atoms with E-state index >= 15 is 0 Å². The summed E-state index contributed by atoms with van der Waals surface area (Å²) in [4.78, 5) is 15.9. The first kappa shape index (κ1) is 12.8. The molecule has 0 radical (unpaired) electrons. The van der Waals surface area contributed by atoms with Gasteiger partial charge in [0.2, 0.25) is 0 Å². The summed E-state index contributed by atoms with van der Waals surface area (Å²) >= 11 is 1.87. The molecule has 0 amide bonds. The number of aromatic amines is 1. The van der Waals surface area contributed by atoms with Gasteiger partial charge in [-0.15, -0.1) is 0 Å². The van der Waals surface area contributed by atoms with Crippen LogP contribution in [-0.4, -0.2) is 33.4 Å². The van der Waals surface area contributed by atoms with Gasteiger partial charge >= 0.3 is 0 Å². The van der Waals surface area contributed by atoms with E-state index in [9.17, 15) is 4.79 Å². The van der Waals surface area contributed by atoms with Crippen molar-refractivity contribution in [3.8, 4) is 5.75 Å². The number of hydrogen-bond acceptors (Lipinski definition) is 4. The van der Waals surface area contributed by atoms with Crippen molar-refractivity contribution in [2.75, 3.05) is 18.6 Å². The minimum absolute atomic E-state index is 0.0323. The lowest BCUT2D eigenvalue weighted by Crippen LogP contribution is -2.27. The molecule has 3 aromatic rings. The standard InChI is InChI=1S/C15H15N3O2S/c1-20-10-2-3-13-11(6-10)12-7-16-18(9-4-5-21-8-9)15(19)14(12)17-13/h2-3,6-7,9,17H,4-5,8H2,1H3. The van der Waals surface area contributed by atoms with Crippen molar-refractivity contribution in [2.45, 2.75) is 12.5 Å². The summed E-state index contributed by atoms with van der Waals surface area (Å²) in [5.74, 6) is 2.84. The highest BCUT2D eigenvalue weighted by Crippen LogP contribution is 2.29. The van der Waals surface area contributed by atoms with Crippen molar-refractivity contribution in [2.24, 2.45) is 0 Å². The van der Waals surface area contributed by atoms with Crippen LogP contribution < -0.4 is 10.3 Å². The number of thioether (sulfide) groups is 1. The summed E-state index contributed by atoms with van der Waals surface area (Å²) in [6, 6.07) is 5.97. The van der Waals surface area contributed by atoms with Crippen molar-refractivity contribution < 1.29 is 4.74 Å². The third kappa shape index (κ3) is 1.93. The summed E-state index contributed by atoms with van der Waals surface area (Å²) in [6.07, 6.45) is 2.80. The van der Waals surface area contributed by atoms with Gasteiger partial charge in [-0.1, -0.05) is 0 Å². The largest absolute Gasteiger partial charge is 0.497 e. The minimum atomic E-state index is -0.0323. The number of fused-ring (bicyclic) bond motifs is 3. The molecule has 1 saturated heterocycles. The molecule has 0 saturated carbocycles. The molecule has 5 nitrogen and oxygen atoms in total. The topological polar surface area (TPSA) is 59.9 Å². The lowest BCUT2D eigenvalue weighted by molar-refractivity contribution is 0.415. The number of methoxy groups -OCH3 is 1. The summed E-state index contributed by atoms with van der Waals surface area (Å²) in [6.45, 7) is 0. The molecule has 108 valence electrons. The second-order valence-electron chi connectivity index (χ2n) is 5.24. The van der Waals surface area contributed by atoms with Gasteiger partial charge in [0.05, 0.1) is 19.3 Å². The molecule has 21 heavy (non-hydrogen) atoms. The van der Waals surface area contributed by atoms with E-state index < -0.39 is 0 Å². The molecule has 0 spiro atoms. The Bertz CT molecular complexity index is 878. The molecule has 3 heterocycles. The maximum Gasteiger partial charge on any atom is 0.291 e. The Kier molecular flexibility index (Phi) is 2.92. The predicted molar refractivity (Wildman–Crippen MR) is 85.4 cm³/mol. The Labute approximate surface area is 125 Å². The summed E-state index contributed by atoms with van der Waals surface area (Å²) < 4.78 is 6.89. The zero-order valence-corrected chi connectivity index (χ0v) is 12.4. The highest BCUT2D eigenvalue weighted by Gasteiger charge is 2.21. The van der Waals surface area contributed by atoms with Gasteiger partial charge in [0.1, 0.15) is 11.3 Å². The number of hydrogen-bond donors (Lipinski definition) is 1. The molecule has 1 N–H and O–H groups in total. The van der Waals surface area contributed by atoms with Crippen LogP contribution in [0.2, 0.25) is 0 Å². The molecule has 4 rings (SSSR count). The van der Waals surface area contributed by atoms with Gasteiger partial charge in [-0.05, 0) is 30.4 Å². The monoisotopic (exact) mass is 301 g/mol. The number of aromatic nitrogens is 3. The molecule has 1 aliphatic rings. The summed E-state index contributed by atoms with van der Waals surface area (Å²) in [5.41, 5.74) is 1.53. The fourth-order valence-corrected chi connectivity index (χ4v) is 4.07. The van der Waals surface area contributed by atoms with Crippen LogP contribution >= 0.6 is 11.8 Å². The van der Waals surface area contributed by atoms with Crippen molar-refractivity contribution in [1.29, 1.82) is 0 Å². The number of rotatable bonds is 2. The average molecular weight is 301 g/mol. The molecule has 1 unspecified atom stereocenters. The summed E-state index contributed by atoms with van der Waals surface area (Å²) in [5, 5.41) is 6.23. The quantitative estimate of drug-likeness (QED) is 0.790. The average Bonchev–Trinajstić information content (AvgIpc) is 3.14. The fourth-order valence-electron chi connectivity index (χ4n) is 2.88. The Morgan fingerprint density at radius 3 is 3.10 bits per heavy atom. The Hall–Kier alpha value is -1.95. The second kappa shape index (κ2) is 4.80. The smallest absolute Gasteiger partial charge is 0.291 e. The van der Waals surface area contributed by atoms with E-state index in [0.29, 0.717) is 5.52 Å². The SMILES string of the molecule is COc1ccc2[nH]c3c(=O)n(C4CCSC4)ncc3c2c1. The zero-order valence-electron chi connectivity index (χ0n) is 11.6. The van der Waals surface area contributed by atoms with Gasteiger partial charge in [0.25, 0.3) is 5.56 Å². The van der Waals surface area contributed by atoms with Crippen molar-refractivity contribution in [1.82, 2.24) is 14.8 Å². The molecule has 1 aliphatic heterocycles. The van der Waals surface area contributed by atoms with Gasteiger partial charge in [0, 0.05) is 22.0 Å². The van der Waals surface area contributed by atoms with E-state index in [2.05, 4.69) is 10.1 Å². The van der Waals surface area contributed by atoms with Gasteiger partial charge in [-0.3, -0.25) is 4.79 Å². The molecular weight excluding hydrogens is 286 g/mol. The Balaban J connectivity index is 1.97. The molecule has 0 aliphatic carbocycles. The molecule has 6 heteroatoms. The lowest BCUT2D eigenvalue weighted by Gasteiger charge is -2.10. The van der Waals surface area contributed by atoms with E-state index in [-0.39, 0.29) is 11.6 Å². The van der Waals surface area contributed by atoms with Crippen LogP contribution in [0.25, 0.3) is 21.8 Å². The minimum Gasteiger partial charge on any atom is -0.497 e. The fraction of sp³-hybridized carbons (Fsp3) is 0.333. The Morgan fingerprint density at radius 1 is 1.43 bits per heavy atom. The van der Waals surface area contributed by atoms with Crippen LogP contribution in [0, 0.1) is 0 Å². The lowest BCUT2D eigenvalue weighted by atomic mass is 10.2. The molecule has 2 aromatic heterocycles. The van der Waals surface area contributed by atoms with E-state index in [1.54, 1.807) is 18.0 Å². The third-order valence-electron chi connectivity index (χ3n) is 4.03. The first-order chi connectivity index (χ1) is 10.3. The van der Waals surface area contributed by atoms with E-state index in [1.165, 1.54) is 0 Å². The highest BCUT2D eigenvalue weighted by molar-refractivity contribution is 7.99. The molecule has 0 bridgehead atoms. The van der Waals surface area contributed by atoms with Crippen LogP contribution in [0.4, 0.5) is 0 Å². The maximum atomic E-state index is 12.7. The number of nitrogens with one attached hydrogen (secondary N) is 1. The maximum absolute atomic E-state index is 12.7. The highest BCUT2D eigenvalue weighted by atomic mass is 32.2. The van der Waals surface area contributed by atoms with Crippen LogP contribution in [0.5, 0.6) is 5.75 Å². The second-order valence-corrected chi connectivity index (χ2v) is 6.39. The van der Waals surface area contributed by atoms with Crippen molar-refractivity contribution >= 4 is 33.6 Å². The molecule has 1 aromatic carbocycles. The van der Waals surface area contributed by atoms with Crippen LogP contribution in [-0.2, 0) is 0 Å². The van der Waals surface area contributed by atoms with Crippen molar-refractivity contribution in [3.63, 3.8) is 0 Å². The van der Waals surface area contributed by atoms with E-state index in [0.717, 1.165) is 40.0 Å². The molecule has 1 fully saturated rings. The van der Waals surface area contributed by atoms with Gasteiger partial charge in [-0.25, -0.2) is 4.68 Å². The predicted octanol–water partition coefficient (Wildman–Crippen LogP) is 2.56. The zero-order chi connectivity index (χ0) is 14.4. The van der Waals surface area contributed by atoms with Gasteiger partial charge in [-0.2, -0.15) is 16.9 Å². The van der Waals surface area contributed by atoms with Crippen LogP contribution in [0.15, 0.2) is 29.2 Å². The number of nitrogens with zero attached hydrogens (tertiary/aromatic N) is 2. The summed E-state index contributed by atoms with van der Waals surface area (Å²) in [7, 11) is 1.64. The Morgan fingerprint density at radius 2 is 2.33 bits per heavy atom. The van der Waals surface area contributed by atoms with Crippen LogP contribution in [0.3, 0.4) is 0 Å². The van der Waals surface area contributed by atoms with Gasteiger partial charge in [0.15, 0.2) is 0 Å². The molecule has 1 atom stereocenters. The van der Waals surface area contributed by atoms with Crippen molar-refractivity contribution in [3.05, 3.63) is 34.7 Å². The van der Waals surface area contributed by atoms with E-state index in [1.807, 2.05) is 30.0 Å². The first-order valence-corrected chi connectivity index (χ1v) is 8.08. The number of benzene rings is 1. The van der Waals surface area contributed by atoms with Gasteiger partial charge < -0.3 is 9.72 Å². The third-order valence-corrected chi connectivity index (χ3v) is 5.18. The normalized spacial score (nSPS) is 18.6. The molecular formula is C15H15N3O2S. The number of H-pyrrole nitrogens is 1. The first-order valence-electron chi connectivity index (χ1n) is 6.93. The number of ether oxygens (including phenoxy) is 1. The van der Waals surface area contributed by atoms with E-state index in [4.69, 9.17) is 4.74 Å².